The average Bonchev–Trinajstić information content (AvgIpc) is 2.35. The molecule has 3 N–H and O–H groups in total. The van der Waals surface area contributed by atoms with Crippen molar-refractivity contribution in [2.24, 2.45) is 0 Å². The van der Waals surface area contributed by atoms with E-state index in [0.717, 1.165) is 11.1 Å². The molecule has 0 heterocycles. The number of hydrogen-bond donors (Lipinski definition) is 3. The van der Waals surface area contributed by atoms with Gasteiger partial charge in [0.25, 0.3) is 5.91 Å². The summed E-state index contributed by atoms with van der Waals surface area (Å²) in [6.45, 7) is 3.85. The molecule has 0 radical (unpaired) electrons. The fourth-order valence-corrected chi connectivity index (χ4v) is 1.83. The monoisotopic (exact) mass is 257 g/mol. The summed E-state index contributed by atoms with van der Waals surface area (Å²) in [4.78, 5) is 12.1. The van der Waals surface area contributed by atoms with E-state index in [1.54, 1.807) is 6.07 Å². The normalized spacial score (nSPS) is 10.2. The molecule has 2 rings (SSSR count). The number of aromatic hydroxyl groups is 2. The average molecular weight is 257 g/mol. The van der Waals surface area contributed by atoms with Crippen molar-refractivity contribution >= 4 is 11.6 Å². The van der Waals surface area contributed by atoms with Gasteiger partial charge in [0.05, 0.1) is 0 Å². The van der Waals surface area contributed by atoms with Crippen molar-refractivity contribution in [1.29, 1.82) is 0 Å². The number of rotatable bonds is 2. The van der Waals surface area contributed by atoms with Crippen molar-refractivity contribution in [3.05, 3.63) is 53.1 Å². The third kappa shape index (κ3) is 2.52. The number of carbonyl (C=O) groups excluding carboxylic acids is 1. The summed E-state index contributed by atoms with van der Waals surface area (Å²) in [5.41, 5.74) is 2.54. The van der Waals surface area contributed by atoms with Crippen molar-refractivity contribution in [2.75, 3.05) is 5.32 Å². The third-order valence-electron chi connectivity index (χ3n) is 3.10. The molecular formula is C15H15NO3. The lowest BCUT2D eigenvalue weighted by molar-refractivity contribution is 0.102. The molecule has 0 spiro atoms. The van der Waals surface area contributed by atoms with Crippen molar-refractivity contribution in [3.8, 4) is 11.5 Å². The summed E-state index contributed by atoms with van der Waals surface area (Å²) >= 11 is 0. The van der Waals surface area contributed by atoms with E-state index < -0.39 is 5.91 Å². The Morgan fingerprint density at radius 1 is 1.00 bits per heavy atom. The number of aryl methyl sites for hydroxylation is 1. The van der Waals surface area contributed by atoms with Crippen molar-refractivity contribution in [3.63, 3.8) is 0 Å². The molecule has 4 nitrogen and oxygen atoms in total. The lowest BCUT2D eigenvalue weighted by atomic mass is 10.1. The van der Waals surface area contributed by atoms with Crippen molar-refractivity contribution in [1.82, 2.24) is 0 Å². The summed E-state index contributed by atoms with van der Waals surface area (Å²) in [5.74, 6) is -1.03. The zero-order valence-corrected chi connectivity index (χ0v) is 10.8. The van der Waals surface area contributed by atoms with E-state index in [1.807, 2.05) is 26.0 Å². The molecule has 0 bridgehead atoms. The van der Waals surface area contributed by atoms with E-state index in [4.69, 9.17) is 0 Å². The maximum Gasteiger partial charge on any atom is 0.263 e. The van der Waals surface area contributed by atoms with Crippen LogP contribution in [0.25, 0.3) is 0 Å². The number of phenolic OH excluding ortho intramolecular Hbond substituents is 2. The lowest BCUT2D eigenvalue weighted by Crippen LogP contribution is -2.13. The quantitative estimate of drug-likeness (QED) is 0.774. The molecule has 0 saturated heterocycles. The van der Waals surface area contributed by atoms with Crippen LogP contribution in [0.5, 0.6) is 11.5 Å². The van der Waals surface area contributed by atoms with Gasteiger partial charge < -0.3 is 15.5 Å². The first-order chi connectivity index (χ1) is 9.00. The number of amides is 1. The van der Waals surface area contributed by atoms with Gasteiger partial charge in [-0.3, -0.25) is 4.79 Å². The second-order valence-electron chi connectivity index (χ2n) is 4.37. The summed E-state index contributed by atoms with van der Waals surface area (Å²) in [6, 6.07) is 9.75. The van der Waals surface area contributed by atoms with E-state index in [0.29, 0.717) is 5.69 Å². The van der Waals surface area contributed by atoms with Crippen LogP contribution in [0.4, 0.5) is 5.69 Å². The van der Waals surface area contributed by atoms with Gasteiger partial charge in [-0.1, -0.05) is 18.2 Å². The summed E-state index contributed by atoms with van der Waals surface area (Å²) in [5, 5.41) is 22.0. The molecule has 1 amide bonds. The molecule has 98 valence electrons. The van der Waals surface area contributed by atoms with Gasteiger partial charge in [-0.2, -0.15) is 0 Å². The number of hydrogen-bond acceptors (Lipinski definition) is 3. The molecule has 4 heteroatoms. The SMILES string of the molecule is Cc1cccc(NC(=O)c2c(O)cccc2O)c1C. The Kier molecular flexibility index (Phi) is 3.42. The number of anilines is 1. The van der Waals surface area contributed by atoms with Crippen molar-refractivity contribution in [2.45, 2.75) is 13.8 Å². The molecule has 2 aromatic rings. The first-order valence-electron chi connectivity index (χ1n) is 5.89. The highest BCUT2D eigenvalue weighted by molar-refractivity contribution is 6.08. The molecule has 0 aromatic heterocycles. The van der Waals surface area contributed by atoms with E-state index >= 15 is 0 Å². The topological polar surface area (TPSA) is 69.6 Å². The van der Waals surface area contributed by atoms with Gasteiger partial charge in [0.1, 0.15) is 17.1 Å². The number of nitrogens with one attached hydrogen (secondary N) is 1. The predicted molar refractivity (Wildman–Crippen MR) is 73.6 cm³/mol. The van der Waals surface area contributed by atoms with Gasteiger partial charge in [0, 0.05) is 5.69 Å². The number of benzene rings is 2. The van der Waals surface area contributed by atoms with Gasteiger partial charge in [0.2, 0.25) is 0 Å². The zero-order valence-electron chi connectivity index (χ0n) is 10.8. The first-order valence-corrected chi connectivity index (χ1v) is 5.89. The molecular weight excluding hydrogens is 242 g/mol. The van der Waals surface area contributed by atoms with Crippen LogP contribution < -0.4 is 5.32 Å². The maximum atomic E-state index is 12.1. The molecule has 0 fully saturated rings. The standard InChI is InChI=1S/C15H15NO3/c1-9-5-3-6-11(10(9)2)16-15(19)14-12(17)7-4-8-13(14)18/h3-8,17-18H,1-2H3,(H,16,19). The van der Waals surface area contributed by atoms with Crippen molar-refractivity contribution < 1.29 is 15.0 Å². The second kappa shape index (κ2) is 5.02. The van der Waals surface area contributed by atoms with E-state index in [1.165, 1.54) is 18.2 Å². The Morgan fingerprint density at radius 3 is 2.21 bits per heavy atom. The summed E-state index contributed by atoms with van der Waals surface area (Å²) in [6.07, 6.45) is 0. The summed E-state index contributed by atoms with van der Waals surface area (Å²) in [7, 11) is 0. The predicted octanol–water partition coefficient (Wildman–Crippen LogP) is 2.97. The smallest absolute Gasteiger partial charge is 0.263 e. The van der Waals surface area contributed by atoms with E-state index in [2.05, 4.69) is 5.32 Å². The Bertz CT molecular complexity index is 615. The van der Waals surface area contributed by atoms with Crippen LogP contribution in [0, 0.1) is 13.8 Å². The van der Waals surface area contributed by atoms with Crippen LogP contribution in [0.2, 0.25) is 0 Å². The zero-order chi connectivity index (χ0) is 14.0. The minimum absolute atomic E-state index is 0.122. The Labute approximate surface area is 111 Å². The van der Waals surface area contributed by atoms with Crippen LogP contribution >= 0.6 is 0 Å². The highest BCUT2D eigenvalue weighted by Gasteiger charge is 2.16. The fourth-order valence-electron chi connectivity index (χ4n) is 1.83. The largest absolute Gasteiger partial charge is 0.507 e. The van der Waals surface area contributed by atoms with Crippen LogP contribution in [0.1, 0.15) is 21.5 Å². The highest BCUT2D eigenvalue weighted by Crippen LogP contribution is 2.28. The number of phenols is 2. The molecule has 0 aliphatic heterocycles. The van der Waals surface area contributed by atoms with Gasteiger partial charge in [-0.15, -0.1) is 0 Å². The van der Waals surface area contributed by atoms with E-state index in [9.17, 15) is 15.0 Å². The number of carbonyl (C=O) groups is 1. The van der Waals surface area contributed by atoms with Crippen LogP contribution in [-0.4, -0.2) is 16.1 Å². The maximum absolute atomic E-state index is 12.1. The van der Waals surface area contributed by atoms with Gasteiger partial charge >= 0.3 is 0 Å². The fraction of sp³-hybridized carbons (Fsp3) is 0.133. The first kappa shape index (κ1) is 13.0. The highest BCUT2D eigenvalue weighted by atomic mass is 16.3. The Hall–Kier alpha value is -2.49. The van der Waals surface area contributed by atoms with Crippen LogP contribution in [0.15, 0.2) is 36.4 Å². The van der Waals surface area contributed by atoms with Gasteiger partial charge in [-0.05, 0) is 43.2 Å². The molecule has 0 aliphatic carbocycles. The second-order valence-corrected chi connectivity index (χ2v) is 4.37. The van der Waals surface area contributed by atoms with E-state index in [-0.39, 0.29) is 17.1 Å². The third-order valence-corrected chi connectivity index (χ3v) is 3.10. The molecule has 0 atom stereocenters. The summed E-state index contributed by atoms with van der Waals surface area (Å²) < 4.78 is 0. The minimum Gasteiger partial charge on any atom is -0.507 e. The van der Waals surface area contributed by atoms with Gasteiger partial charge in [0.15, 0.2) is 0 Å². The Balaban J connectivity index is 2.34. The molecule has 0 saturated carbocycles. The minimum atomic E-state index is -0.538. The molecule has 19 heavy (non-hydrogen) atoms. The van der Waals surface area contributed by atoms with Crippen LogP contribution in [0.3, 0.4) is 0 Å². The Morgan fingerprint density at radius 2 is 1.58 bits per heavy atom. The van der Waals surface area contributed by atoms with Crippen LogP contribution in [-0.2, 0) is 0 Å². The lowest BCUT2D eigenvalue weighted by Gasteiger charge is -2.11. The molecule has 2 aromatic carbocycles. The molecule has 0 aliphatic rings. The molecule has 0 unspecified atom stereocenters. The van der Waals surface area contributed by atoms with Gasteiger partial charge in [-0.25, -0.2) is 0 Å².